The number of hydrogen-bond acceptors (Lipinski definition) is 3. The molecule has 0 fully saturated rings. The van der Waals surface area contributed by atoms with Crippen molar-refractivity contribution in [1.82, 2.24) is 9.55 Å². The number of carboxylic acids is 1. The number of benzene rings is 1. The molecule has 0 aliphatic carbocycles. The van der Waals surface area contributed by atoms with E-state index in [9.17, 15) is 4.79 Å². The van der Waals surface area contributed by atoms with Gasteiger partial charge in [0.15, 0.2) is 5.16 Å². The summed E-state index contributed by atoms with van der Waals surface area (Å²) >= 11 is 3.47. The van der Waals surface area contributed by atoms with Crippen molar-refractivity contribution in [2.45, 2.75) is 18.1 Å². The third-order valence-electron chi connectivity index (χ3n) is 2.69. The van der Waals surface area contributed by atoms with Crippen molar-refractivity contribution >= 4 is 51.4 Å². The standard InChI is InChI=1S/C13H13IN2O2S/c1-3-8(2)16-11-5-4-9(14)6-10(11)15-13(16)19-7-12(17)18/h3-6,8H,1,7H2,2H3,(H,17,18). The summed E-state index contributed by atoms with van der Waals surface area (Å²) in [5, 5.41) is 9.52. The third kappa shape index (κ3) is 3.11. The molecule has 0 aliphatic rings. The maximum atomic E-state index is 10.7. The highest BCUT2D eigenvalue weighted by atomic mass is 127. The van der Waals surface area contributed by atoms with Crippen LogP contribution in [-0.4, -0.2) is 26.4 Å². The second kappa shape index (κ2) is 5.96. The van der Waals surface area contributed by atoms with Crippen molar-refractivity contribution < 1.29 is 9.90 Å². The van der Waals surface area contributed by atoms with Gasteiger partial charge in [-0.15, -0.1) is 6.58 Å². The van der Waals surface area contributed by atoms with Gasteiger partial charge in [-0.3, -0.25) is 4.79 Å². The number of aromatic nitrogens is 2. The monoisotopic (exact) mass is 388 g/mol. The van der Waals surface area contributed by atoms with Gasteiger partial charge in [0, 0.05) is 3.57 Å². The van der Waals surface area contributed by atoms with Gasteiger partial charge in [-0.1, -0.05) is 17.8 Å². The Hall–Kier alpha value is -1.02. The lowest BCUT2D eigenvalue weighted by atomic mass is 10.3. The van der Waals surface area contributed by atoms with Crippen LogP contribution in [-0.2, 0) is 4.79 Å². The average Bonchev–Trinajstić information content (AvgIpc) is 2.72. The Bertz CT molecular complexity index is 639. The number of thioether (sulfide) groups is 1. The molecule has 0 saturated heterocycles. The van der Waals surface area contributed by atoms with E-state index in [2.05, 4.69) is 34.2 Å². The zero-order valence-electron chi connectivity index (χ0n) is 10.3. The predicted octanol–water partition coefficient (Wildman–Crippen LogP) is 3.56. The molecule has 100 valence electrons. The maximum Gasteiger partial charge on any atom is 0.313 e. The van der Waals surface area contributed by atoms with E-state index in [1.807, 2.05) is 35.8 Å². The zero-order valence-corrected chi connectivity index (χ0v) is 13.3. The SMILES string of the molecule is C=CC(C)n1c(SCC(=O)O)nc2cc(I)ccc21. The van der Waals surface area contributed by atoms with Crippen molar-refractivity contribution in [2.75, 3.05) is 5.75 Å². The lowest BCUT2D eigenvalue weighted by molar-refractivity contribution is -0.133. The number of imidazole rings is 1. The van der Waals surface area contributed by atoms with Crippen molar-refractivity contribution in [3.8, 4) is 0 Å². The van der Waals surface area contributed by atoms with Gasteiger partial charge in [-0.2, -0.15) is 0 Å². The molecule has 1 N–H and O–H groups in total. The van der Waals surface area contributed by atoms with Crippen LogP contribution in [0.1, 0.15) is 13.0 Å². The molecule has 0 bridgehead atoms. The Morgan fingerprint density at radius 3 is 3.05 bits per heavy atom. The number of fused-ring (bicyclic) bond motifs is 1. The minimum absolute atomic E-state index is 0.00424. The van der Waals surface area contributed by atoms with Gasteiger partial charge in [0.2, 0.25) is 0 Å². The number of halogens is 1. The van der Waals surface area contributed by atoms with Crippen molar-refractivity contribution in [2.24, 2.45) is 0 Å². The van der Waals surface area contributed by atoms with Crippen LogP contribution in [0.4, 0.5) is 0 Å². The minimum atomic E-state index is -0.843. The van der Waals surface area contributed by atoms with Gasteiger partial charge >= 0.3 is 5.97 Å². The highest BCUT2D eigenvalue weighted by Gasteiger charge is 2.15. The van der Waals surface area contributed by atoms with Gasteiger partial charge in [-0.05, 0) is 47.7 Å². The summed E-state index contributed by atoms with van der Waals surface area (Å²) in [7, 11) is 0. The van der Waals surface area contributed by atoms with Crippen LogP contribution in [0.3, 0.4) is 0 Å². The van der Waals surface area contributed by atoms with E-state index >= 15 is 0 Å². The summed E-state index contributed by atoms with van der Waals surface area (Å²) in [6.07, 6.45) is 1.82. The first-order chi connectivity index (χ1) is 9.02. The molecule has 2 aromatic rings. The maximum absolute atomic E-state index is 10.7. The fraction of sp³-hybridized carbons (Fsp3) is 0.231. The summed E-state index contributed by atoms with van der Waals surface area (Å²) in [6, 6.07) is 6.09. The Balaban J connectivity index is 2.53. The van der Waals surface area contributed by atoms with E-state index in [1.54, 1.807) is 0 Å². The Kier molecular flexibility index (Phi) is 4.51. The lowest BCUT2D eigenvalue weighted by Gasteiger charge is -2.12. The molecule has 0 radical (unpaired) electrons. The van der Waals surface area contributed by atoms with E-state index in [-0.39, 0.29) is 11.8 Å². The quantitative estimate of drug-likeness (QED) is 0.484. The van der Waals surface area contributed by atoms with E-state index in [0.29, 0.717) is 5.16 Å². The van der Waals surface area contributed by atoms with Crippen LogP contribution >= 0.6 is 34.4 Å². The third-order valence-corrected chi connectivity index (χ3v) is 4.30. The van der Waals surface area contributed by atoms with Crippen molar-refractivity contribution in [3.05, 3.63) is 34.4 Å². The molecule has 6 heteroatoms. The zero-order chi connectivity index (χ0) is 14.0. The summed E-state index contributed by atoms with van der Waals surface area (Å²) in [5.41, 5.74) is 1.88. The second-order valence-electron chi connectivity index (χ2n) is 4.06. The highest BCUT2D eigenvalue weighted by Crippen LogP contribution is 2.29. The number of aliphatic carboxylic acids is 1. The molecule has 1 heterocycles. The van der Waals surface area contributed by atoms with Gasteiger partial charge in [-0.25, -0.2) is 4.98 Å². The van der Waals surface area contributed by atoms with Gasteiger partial charge in [0.1, 0.15) is 0 Å². The van der Waals surface area contributed by atoms with Gasteiger partial charge in [0.25, 0.3) is 0 Å². The first kappa shape index (κ1) is 14.4. The highest BCUT2D eigenvalue weighted by molar-refractivity contribution is 14.1. The van der Waals surface area contributed by atoms with Crippen LogP contribution < -0.4 is 0 Å². The number of carboxylic acid groups (broad SMARTS) is 1. The molecule has 0 amide bonds. The molecular weight excluding hydrogens is 375 g/mol. The van der Waals surface area contributed by atoms with Crippen molar-refractivity contribution in [3.63, 3.8) is 0 Å². The molecule has 19 heavy (non-hydrogen) atoms. The van der Waals surface area contributed by atoms with Gasteiger partial charge < -0.3 is 9.67 Å². The number of hydrogen-bond donors (Lipinski definition) is 1. The normalized spacial score (nSPS) is 12.5. The predicted molar refractivity (Wildman–Crippen MR) is 85.7 cm³/mol. The van der Waals surface area contributed by atoms with E-state index in [0.717, 1.165) is 14.6 Å². The molecule has 1 aromatic carbocycles. The topological polar surface area (TPSA) is 55.1 Å². The van der Waals surface area contributed by atoms with E-state index < -0.39 is 5.97 Å². The number of allylic oxidation sites excluding steroid dienone is 1. The summed E-state index contributed by atoms with van der Waals surface area (Å²) in [4.78, 5) is 15.2. The Morgan fingerprint density at radius 2 is 2.42 bits per heavy atom. The largest absolute Gasteiger partial charge is 0.481 e. The molecule has 1 atom stereocenters. The van der Waals surface area contributed by atoms with E-state index in [1.165, 1.54) is 11.8 Å². The Morgan fingerprint density at radius 1 is 1.68 bits per heavy atom. The first-order valence-corrected chi connectivity index (χ1v) is 7.74. The number of rotatable bonds is 5. The minimum Gasteiger partial charge on any atom is -0.481 e. The second-order valence-corrected chi connectivity index (χ2v) is 6.24. The average molecular weight is 388 g/mol. The molecule has 0 spiro atoms. The smallest absolute Gasteiger partial charge is 0.313 e. The molecule has 1 aromatic heterocycles. The first-order valence-electron chi connectivity index (χ1n) is 5.67. The van der Waals surface area contributed by atoms with Crippen LogP contribution in [0.2, 0.25) is 0 Å². The van der Waals surface area contributed by atoms with Crippen molar-refractivity contribution in [1.29, 1.82) is 0 Å². The molecular formula is C13H13IN2O2S. The van der Waals surface area contributed by atoms with Crippen LogP contribution in [0.25, 0.3) is 11.0 Å². The summed E-state index contributed by atoms with van der Waals surface area (Å²) in [6.45, 7) is 5.81. The van der Waals surface area contributed by atoms with Crippen LogP contribution in [0.15, 0.2) is 36.0 Å². The Labute approximate surface area is 129 Å². The summed E-state index contributed by atoms with van der Waals surface area (Å²) in [5.74, 6) is -0.839. The molecule has 4 nitrogen and oxygen atoms in total. The molecule has 0 saturated carbocycles. The van der Waals surface area contributed by atoms with E-state index in [4.69, 9.17) is 5.11 Å². The van der Waals surface area contributed by atoms with Gasteiger partial charge in [0.05, 0.1) is 22.8 Å². The number of carbonyl (C=O) groups is 1. The van der Waals surface area contributed by atoms with Crippen LogP contribution in [0, 0.1) is 3.57 Å². The molecule has 1 unspecified atom stereocenters. The molecule has 0 aliphatic heterocycles. The number of nitrogens with zero attached hydrogens (tertiary/aromatic N) is 2. The summed E-state index contributed by atoms with van der Waals surface area (Å²) < 4.78 is 3.13. The fourth-order valence-electron chi connectivity index (χ4n) is 1.78. The molecule has 2 rings (SSSR count). The lowest BCUT2D eigenvalue weighted by Crippen LogP contribution is -2.05. The van der Waals surface area contributed by atoms with Crippen LogP contribution in [0.5, 0.6) is 0 Å². The fourth-order valence-corrected chi connectivity index (χ4v) is 3.07.